The largest absolute Gasteiger partial charge is 0.480 e. The van der Waals surface area contributed by atoms with Crippen LogP contribution in [0.25, 0.3) is 0 Å². The highest BCUT2D eigenvalue weighted by Crippen LogP contribution is 2.17. The highest BCUT2D eigenvalue weighted by molar-refractivity contribution is 5.99. The molecule has 34 nitrogen and oxygen atoms in total. The fourth-order valence-corrected chi connectivity index (χ4v) is 11.4. The first-order valence-corrected chi connectivity index (χ1v) is 37.7. The molecular formula is C71H137N21O13. The number of nitrogens with one attached hydrogen (secondary N) is 11. The van der Waals surface area contributed by atoms with Gasteiger partial charge in [-0.1, -0.05) is 103 Å². The molecule has 0 aliphatic rings. The van der Waals surface area contributed by atoms with Gasteiger partial charge in [0.1, 0.15) is 66.5 Å². The number of aliphatic carboxylic acids is 1. The fraction of sp³-hybridized carbons (Fsp3) is 0.803. The molecular weight excluding hydrogens is 1350 g/mol. The molecule has 11 amide bonds. The molecule has 604 valence electrons. The van der Waals surface area contributed by atoms with Crippen molar-refractivity contribution in [2.75, 3.05) is 32.7 Å². The maximum atomic E-state index is 14.7. The molecule has 0 radical (unpaired) electrons. The number of nitrogens with two attached hydrogens (primary N) is 8. The topological polar surface area (TPSA) is 590 Å². The molecule has 0 rings (SSSR count). The van der Waals surface area contributed by atoms with Crippen LogP contribution in [0.1, 0.15) is 219 Å². The van der Waals surface area contributed by atoms with Crippen LogP contribution in [0, 0.1) is 41.4 Å². The second-order valence-electron chi connectivity index (χ2n) is 30.3. The molecule has 105 heavy (non-hydrogen) atoms. The summed E-state index contributed by atoms with van der Waals surface area (Å²) < 4.78 is 0. The quantitative estimate of drug-likeness (QED) is 0.0200. The van der Waals surface area contributed by atoms with Crippen LogP contribution >= 0.6 is 0 Å². The maximum absolute atomic E-state index is 14.7. The molecule has 0 aliphatic carbocycles. The highest BCUT2D eigenvalue weighted by Gasteiger charge is 2.38. The van der Waals surface area contributed by atoms with Crippen LogP contribution in [0.3, 0.4) is 0 Å². The minimum absolute atomic E-state index is 0.0160. The molecule has 0 aromatic rings. The molecule has 34 heteroatoms. The van der Waals surface area contributed by atoms with Gasteiger partial charge in [0.05, 0.1) is 6.04 Å². The van der Waals surface area contributed by atoms with E-state index in [0.29, 0.717) is 58.0 Å². The predicted octanol–water partition coefficient (Wildman–Crippen LogP) is -0.842. The number of amides is 11. The van der Waals surface area contributed by atoms with Crippen molar-refractivity contribution in [3.8, 4) is 0 Å². The van der Waals surface area contributed by atoms with Gasteiger partial charge in [-0.05, 0) is 177 Å². The Morgan fingerprint density at radius 1 is 0.286 bits per heavy atom. The third-order valence-electron chi connectivity index (χ3n) is 16.9. The van der Waals surface area contributed by atoms with Crippen molar-refractivity contribution in [2.45, 2.75) is 291 Å². The summed E-state index contributed by atoms with van der Waals surface area (Å²) in [5.74, 6) is -11.4. The summed E-state index contributed by atoms with van der Waals surface area (Å²) in [4.78, 5) is 178. The number of hydrogen-bond acceptors (Lipinski definition) is 18. The Morgan fingerprint density at radius 2 is 0.505 bits per heavy atom. The Kier molecular flexibility index (Phi) is 48.9. The number of carbonyl (C=O) groups is 12. The summed E-state index contributed by atoms with van der Waals surface area (Å²) in [6, 6.07) is -14.7. The molecule has 12 atom stereocenters. The zero-order valence-electron chi connectivity index (χ0n) is 65.3. The first kappa shape index (κ1) is 97.0. The monoisotopic (exact) mass is 1490 g/mol. The van der Waals surface area contributed by atoms with Crippen molar-refractivity contribution >= 4 is 82.9 Å². The average Bonchev–Trinajstić information content (AvgIpc) is 0.855. The van der Waals surface area contributed by atoms with Crippen molar-refractivity contribution in [3.05, 3.63) is 0 Å². The lowest BCUT2D eigenvalue weighted by Crippen LogP contribution is -2.61. The molecule has 0 saturated heterocycles. The number of hydrogen-bond donors (Lipinski definition) is 20. The van der Waals surface area contributed by atoms with Crippen LogP contribution in [0.15, 0.2) is 9.98 Å². The summed E-state index contributed by atoms with van der Waals surface area (Å²) >= 11 is 0. The van der Waals surface area contributed by atoms with Crippen molar-refractivity contribution < 1.29 is 62.6 Å². The van der Waals surface area contributed by atoms with Crippen LogP contribution in [0.4, 0.5) is 0 Å². The second kappa shape index (κ2) is 52.9. The van der Waals surface area contributed by atoms with E-state index in [9.17, 15) is 62.6 Å². The van der Waals surface area contributed by atoms with Crippen LogP contribution in [0.5, 0.6) is 0 Å². The van der Waals surface area contributed by atoms with Crippen LogP contribution in [-0.2, 0) is 57.5 Å². The van der Waals surface area contributed by atoms with E-state index < -0.39 is 149 Å². The zero-order valence-corrected chi connectivity index (χ0v) is 65.3. The van der Waals surface area contributed by atoms with E-state index in [1.807, 2.05) is 83.1 Å². The molecule has 0 fully saturated rings. The predicted molar refractivity (Wildman–Crippen MR) is 407 cm³/mol. The van der Waals surface area contributed by atoms with Gasteiger partial charge in [0.15, 0.2) is 11.9 Å². The second-order valence-corrected chi connectivity index (χ2v) is 30.3. The Morgan fingerprint density at radius 3 is 0.762 bits per heavy atom. The van der Waals surface area contributed by atoms with Gasteiger partial charge in [0.25, 0.3) is 0 Å². The van der Waals surface area contributed by atoms with Crippen LogP contribution in [-0.4, -0.2) is 193 Å². The maximum Gasteiger partial charge on any atom is 0.326 e. The van der Waals surface area contributed by atoms with E-state index in [1.54, 1.807) is 13.8 Å². The van der Waals surface area contributed by atoms with Gasteiger partial charge in [-0.25, -0.2) is 4.79 Å². The summed E-state index contributed by atoms with van der Waals surface area (Å²) in [6.07, 6.45) is 4.52. The number of rotatable bonds is 56. The molecule has 0 aromatic carbocycles. The Hall–Kier alpha value is -7.98. The lowest BCUT2D eigenvalue weighted by atomic mass is 9.97. The van der Waals surface area contributed by atoms with Gasteiger partial charge in [-0.2, -0.15) is 0 Å². The minimum Gasteiger partial charge on any atom is -0.480 e. The normalized spacial score (nSPS) is 14.9. The van der Waals surface area contributed by atoms with E-state index in [0.717, 1.165) is 0 Å². The highest BCUT2D eigenvalue weighted by atomic mass is 16.4. The molecule has 0 heterocycles. The Balaban J connectivity index is 7.18. The molecule has 0 spiro atoms. The van der Waals surface area contributed by atoms with Gasteiger partial charge >= 0.3 is 5.97 Å². The first-order chi connectivity index (χ1) is 49.2. The number of unbranched alkanes of at least 4 members (excludes halogenated alkanes) is 3. The van der Waals surface area contributed by atoms with Crippen LogP contribution < -0.4 is 104 Å². The van der Waals surface area contributed by atoms with Crippen molar-refractivity contribution in [1.29, 1.82) is 0 Å². The molecule has 0 aromatic heterocycles. The van der Waals surface area contributed by atoms with Gasteiger partial charge < -0.3 is 109 Å². The zero-order chi connectivity index (χ0) is 80.2. The van der Waals surface area contributed by atoms with E-state index in [1.165, 1.54) is 0 Å². The summed E-state index contributed by atoms with van der Waals surface area (Å²) in [6.45, 7) is 26.4. The van der Waals surface area contributed by atoms with E-state index in [4.69, 9.17) is 45.9 Å². The molecule has 0 unspecified atom stereocenters. The summed E-state index contributed by atoms with van der Waals surface area (Å²) in [5, 5.41) is 40.3. The Bertz CT molecular complexity index is 2740. The molecule has 0 aliphatic heterocycles. The van der Waals surface area contributed by atoms with Crippen molar-refractivity contribution in [3.63, 3.8) is 0 Å². The van der Waals surface area contributed by atoms with E-state index in [-0.39, 0.29) is 144 Å². The number of carbonyl (C=O) groups excluding carboxylic acids is 11. The van der Waals surface area contributed by atoms with E-state index >= 15 is 0 Å². The van der Waals surface area contributed by atoms with Gasteiger partial charge in [0, 0.05) is 13.1 Å². The average molecular weight is 1490 g/mol. The SMILES string of the molecule is CC(C)C[C@H](NC(=O)[C@H](CC(C)C)NC(=O)[C@@H](NC(=O)[C@H](CCCCN)NC(=O)[C@H](CC(C)C)NC(=O)[C@H](CC(C)C)NC(=O)[C@H](CCCN=C(N)N)NC(=O)[C@H](CC(C)C)NC(=O)[C@H](CC(C)C)NC(=O)[C@H](CCCCN)NC(=O)[C@@H](N)CCCCN)C(C)C)C(=O)N[C@@H](CCCN=C(N)N)C(=O)O. The number of nitrogens with zero attached hydrogens (tertiary/aromatic N) is 2. The number of carboxylic acid groups (broad SMARTS) is 1. The lowest BCUT2D eigenvalue weighted by Gasteiger charge is -2.30. The van der Waals surface area contributed by atoms with Gasteiger partial charge in [-0.15, -0.1) is 0 Å². The lowest BCUT2D eigenvalue weighted by molar-refractivity contribution is -0.142. The molecule has 0 saturated carbocycles. The number of guanidine groups is 2. The fourth-order valence-electron chi connectivity index (χ4n) is 11.4. The number of carboxylic acids is 1. The smallest absolute Gasteiger partial charge is 0.326 e. The summed E-state index contributed by atoms with van der Waals surface area (Å²) in [5.41, 5.74) is 45.5. The standard InChI is InChI=1S/C71H137N21O13/c1-39(2)33-51(62(97)83-48(25-17-20-30-74)61(96)92-57(45(13)14)68(103)91-56(38-44(11)12)67(102)90-53(35-41(5)6)64(99)85-50(69(104)105)27-22-32-81-71(78)79)88-66(101)55(37-43(9)10)87-60(95)49(26-21-31-80-70(76)77)84-63(98)52(34-40(3)4)89-65(100)54(36-42(7)8)86-59(94)47(24-16-19-29-73)82-58(93)46(75)23-15-18-28-72/h39-57H,15-38,72-75H2,1-14H3,(H,82,93)(H,83,97)(H,84,98)(H,85,99)(H,86,94)(H,87,95)(H,88,101)(H,89,100)(H,90,102)(H,91,103)(H,92,96)(H,104,105)(H4,76,77,80)(H4,78,79,81)/t46-,47-,48-,49-,50-,51-,52-,53-,54-,55-,56-,57-/m0/s1. The van der Waals surface area contributed by atoms with Crippen molar-refractivity contribution in [1.82, 2.24) is 58.5 Å². The van der Waals surface area contributed by atoms with Crippen molar-refractivity contribution in [2.24, 2.45) is 97.3 Å². The summed E-state index contributed by atoms with van der Waals surface area (Å²) in [7, 11) is 0. The Labute approximate surface area is 623 Å². The molecule has 28 N–H and O–H groups in total. The third-order valence-corrected chi connectivity index (χ3v) is 16.9. The number of aliphatic imine (C=N–C) groups is 2. The first-order valence-electron chi connectivity index (χ1n) is 37.7. The molecule has 0 bridgehead atoms. The third kappa shape index (κ3) is 42.7. The van der Waals surface area contributed by atoms with Crippen LogP contribution in [0.2, 0.25) is 0 Å². The minimum atomic E-state index is -1.36. The van der Waals surface area contributed by atoms with Gasteiger partial charge in [-0.3, -0.25) is 62.7 Å². The van der Waals surface area contributed by atoms with E-state index in [2.05, 4.69) is 68.5 Å². The van der Waals surface area contributed by atoms with Gasteiger partial charge in [0.2, 0.25) is 65.0 Å².